The molecule has 1 atom stereocenters. The summed E-state index contributed by atoms with van der Waals surface area (Å²) < 4.78 is 27.8. The van der Waals surface area contributed by atoms with Gasteiger partial charge in [0.1, 0.15) is 12.0 Å². The minimum absolute atomic E-state index is 0.0986. The molecule has 2 aromatic heterocycles. The number of hydrogen-bond acceptors (Lipinski definition) is 6. The third kappa shape index (κ3) is 3.56. The Morgan fingerprint density at radius 3 is 2.93 bits per heavy atom. The summed E-state index contributed by atoms with van der Waals surface area (Å²) in [5.74, 6) is 0.245. The fraction of sp³-hybridized carbons (Fsp3) is 0.500. The van der Waals surface area contributed by atoms with Crippen molar-refractivity contribution in [1.82, 2.24) is 19.7 Å². The monoisotopic (exact) mass is 400 g/mol. The van der Waals surface area contributed by atoms with Gasteiger partial charge in [0.05, 0.1) is 35.2 Å². The second kappa shape index (κ2) is 7.64. The van der Waals surface area contributed by atoms with Crippen molar-refractivity contribution in [3.63, 3.8) is 0 Å². The van der Waals surface area contributed by atoms with Crippen molar-refractivity contribution >= 4 is 22.4 Å². The van der Waals surface area contributed by atoms with E-state index in [1.807, 2.05) is 11.0 Å². The Labute approximate surface area is 167 Å². The average molecular weight is 400 g/mol. The van der Waals surface area contributed by atoms with Crippen molar-refractivity contribution in [1.29, 1.82) is 0 Å². The molecule has 0 amide bonds. The van der Waals surface area contributed by atoms with E-state index in [0.29, 0.717) is 48.2 Å². The number of nitrogens with zero attached hydrogens (tertiary/aromatic N) is 4. The van der Waals surface area contributed by atoms with Crippen molar-refractivity contribution < 1.29 is 13.9 Å². The predicted octanol–water partition coefficient (Wildman–Crippen LogP) is 3.07. The quantitative estimate of drug-likeness (QED) is 0.702. The van der Waals surface area contributed by atoms with E-state index in [-0.39, 0.29) is 12.0 Å². The molecule has 5 rings (SSSR count). The Morgan fingerprint density at radius 1 is 1.14 bits per heavy atom. The summed E-state index contributed by atoms with van der Waals surface area (Å²) in [6, 6.07) is 3.28. The fourth-order valence-corrected chi connectivity index (χ4v) is 4.03. The standard InChI is InChI=1S/C20H25FN6O2/c21-13-10-15-16(11-17(13)26-5-3-7-28-9-6-26)24-20(23-15)19-14(22)12-27(25-19)18-4-1-2-8-29-18/h10-12,18H,1-9,22H2,(H,23,24). The number of hydrogen-bond donors (Lipinski definition) is 2. The Balaban J connectivity index is 1.47. The molecule has 2 fully saturated rings. The number of aromatic nitrogens is 4. The highest BCUT2D eigenvalue weighted by molar-refractivity contribution is 5.84. The van der Waals surface area contributed by atoms with E-state index >= 15 is 0 Å². The van der Waals surface area contributed by atoms with E-state index in [1.165, 1.54) is 6.07 Å². The van der Waals surface area contributed by atoms with Gasteiger partial charge in [-0.3, -0.25) is 0 Å². The van der Waals surface area contributed by atoms with Gasteiger partial charge in [0, 0.05) is 32.4 Å². The SMILES string of the molecule is Nc1cn(C2CCCCO2)nc1-c1nc2cc(F)c(N3CCCOCC3)cc2[nH]1. The minimum atomic E-state index is -0.286. The third-order valence-corrected chi connectivity index (χ3v) is 5.55. The van der Waals surface area contributed by atoms with Crippen LogP contribution in [0.25, 0.3) is 22.6 Å². The van der Waals surface area contributed by atoms with Gasteiger partial charge in [0.15, 0.2) is 11.5 Å². The van der Waals surface area contributed by atoms with Gasteiger partial charge in [0.25, 0.3) is 0 Å². The second-order valence-electron chi connectivity index (χ2n) is 7.59. The number of fused-ring (bicyclic) bond motifs is 1. The van der Waals surface area contributed by atoms with Gasteiger partial charge in [-0.2, -0.15) is 5.10 Å². The van der Waals surface area contributed by atoms with Crippen molar-refractivity contribution in [3.05, 3.63) is 24.1 Å². The molecule has 29 heavy (non-hydrogen) atoms. The van der Waals surface area contributed by atoms with E-state index in [2.05, 4.69) is 15.1 Å². The minimum Gasteiger partial charge on any atom is -0.396 e. The van der Waals surface area contributed by atoms with Gasteiger partial charge in [-0.05, 0) is 31.7 Å². The Bertz CT molecular complexity index is 1000. The number of rotatable bonds is 3. The van der Waals surface area contributed by atoms with Crippen LogP contribution in [0.5, 0.6) is 0 Å². The summed E-state index contributed by atoms with van der Waals surface area (Å²) in [5, 5.41) is 4.60. The number of halogens is 1. The van der Waals surface area contributed by atoms with E-state index in [0.717, 1.165) is 44.4 Å². The van der Waals surface area contributed by atoms with Crippen LogP contribution in [0, 0.1) is 5.82 Å². The van der Waals surface area contributed by atoms with E-state index < -0.39 is 0 Å². The van der Waals surface area contributed by atoms with Crippen LogP contribution in [-0.2, 0) is 9.47 Å². The van der Waals surface area contributed by atoms with Crippen molar-refractivity contribution in [3.8, 4) is 11.5 Å². The number of aromatic amines is 1. The molecule has 0 radical (unpaired) electrons. The number of benzene rings is 1. The smallest absolute Gasteiger partial charge is 0.161 e. The third-order valence-electron chi connectivity index (χ3n) is 5.55. The van der Waals surface area contributed by atoms with Crippen LogP contribution < -0.4 is 10.6 Å². The maximum Gasteiger partial charge on any atom is 0.161 e. The Hall–Kier alpha value is -2.65. The summed E-state index contributed by atoms with van der Waals surface area (Å²) in [6.07, 6.45) is 5.65. The molecule has 1 unspecified atom stereocenters. The summed E-state index contributed by atoms with van der Waals surface area (Å²) in [4.78, 5) is 9.81. The molecule has 1 aromatic carbocycles. The van der Waals surface area contributed by atoms with Gasteiger partial charge in [-0.25, -0.2) is 14.1 Å². The first-order chi connectivity index (χ1) is 14.2. The van der Waals surface area contributed by atoms with Crippen LogP contribution in [0.2, 0.25) is 0 Å². The zero-order valence-corrected chi connectivity index (χ0v) is 16.2. The number of nitrogens with one attached hydrogen (secondary N) is 1. The first-order valence-corrected chi connectivity index (χ1v) is 10.2. The summed E-state index contributed by atoms with van der Waals surface area (Å²) in [5.41, 5.74) is 9.14. The summed E-state index contributed by atoms with van der Waals surface area (Å²) in [7, 11) is 0. The molecule has 9 heteroatoms. The molecule has 3 N–H and O–H groups in total. The number of anilines is 2. The molecule has 0 spiro atoms. The second-order valence-corrected chi connectivity index (χ2v) is 7.59. The van der Waals surface area contributed by atoms with Crippen LogP contribution in [0.3, 0.4) is 0 Å². The van der Waals surface area contributed by atoms with Crippen LogP contribution >= 0.6 is 0 Å². The van der Waals surface area contributed by atoms with Crippen molar-refractivity contribution in [2.45, 2.75) is 31.9 Å². The Kier molecular flexibility index (Phi) is 4.84. The highest BCUT2D eigenvalue weighted by Crippen LogP contribution is 2.31. The van der Waals surface area contributed by atoms with Gasteiger partial charge in [-0.15, -0.1) is 0 Å². The van der Waals surface area contributed by atoms with Gasteiger partial charge < -0.3 is 25.1 Å². The normalized spacial score (nSPS) is 20.9. The van der Waals surface area contributed by atoms with E-state index in [1.54, 1.807) is 10.9 Å². The zero-order valence-electron chi connectivity index (χ0n) is 16.2. The molecule has 0 saturated carbocycles. The number of nitrogens with two attached hydrogens (primary N) is 1. The van der Waals surface area contributed by atoms with Crippen molar-refractivity contribution in [2.75, 3.05) is 43.5 Å². The highest BCUT2D eigenvalue weighted by Gasteiger charge is 2.21. The number of imidazole rings is 1. The molecule has 0 bridgehead atoms. The van der Waals surface area contributed by atoms with Crippen LogP contribution in [0.1, 0.15) is 31.9 Å². The highest BCUT2D eigenvalue weighted by atomic mass is 19.1. The topological polar surface area (TPSA) is 94.2 Å². The van der Waals surface area contributed by atoms with Gasteiger partial charge in [0.2, 0.25) is 0 Å². The van der Waals surface area contributed by atoms with Crippen LogP contribution in [0.15, 0.2) is 18.3 Å². The number of ether oxygens (including phenoxy) is 2. The average Bonchev–Trinajstić information content (AvgIpc) is 3.20. The fourth-order valence-electron chi connectivity index (χ4n) is 4.03. The van der Waals surface area contributed by atoms with E-state index in [4.69, 9.17) is 15.2 Å². The summed E-state index contributed by atoms with van der Waals surface area (Å²) in [6.45, 7) is 3.47. The molecule has 2 saturated heterocycles. The molecular weight excluding hydrogens is 375 g/mol. The predicted molar refractivity (Wildman–Crippen MR) is 108 cm³/mol. The number of H-pyrrole nitrogens is 1. The van der Waals surface area contributed by atoms with Gasteiger partial charge >= 0.3 is 0 Å². The molecule has 2 aliphatic rings. The molecular formula is C20H25FN6O2. The van der Waals surface area contributed by atoms with Crippen LogP contribution in [0.4, 0.5) is 15.8 Å². The van der Waals surface area contributed by atoms with Gasteiger partial charge in [-0.1, -0.05) is 0 Å². The molecule has 2 aliphatic heterocycles. The molecule has 4 heterocycles. The first-order valence-electron chi connectivity index (χ1n) is 10.2. The lowest BCUT2D eigenvalue weighted by molar-refractivity contribution is -0.0393. The number of nitrogen functional groups attached to an aromatic ring is 1. The maximum absolute atomic E-state index is 14.8. The zero-order chi connectivity index (χ0) is 19.8. The maximum atomic E-state index is 14.8. The molecule has 154 valence electrons. The van der Waals surface area contributed by atoms with Crippen LogP contribution in [-0.4, -0.2) is 52.7 Å². The lowest BCUT2D eigenvalue weighted by atomic mass is 10.2. The largest absolute Gasteiger partial charge is 0.396 e. The summed E-state index contributed by atoms with van der Waals surface area (Å²) >= 11 is 0. The van der Waals surface area contributed by atoms with Crippen molar-refractivity contribution in [2.24, 2.45) is 0 Å². The molecule has 3 aromatic rings. The lowest BCUT2D eigenvalue weighted by Gasteiger charge is -2.22. The first kappa shape index (κ1) is 18.4. The molecule has 0 aliphatic carbocycles. The molecule has 8 nitrogen and oxygen atoms in total. The lowest BCUT2D eigenvalue weighted by Crippen LogP contribution is -2.26. The van der Waals surface area contributed by atoms with E-state index in [9.17, 15) is 4.39 Å². The Morgan fingerprint density at radius 2 is 2.07 bits per heavy atom.